The number of carbonyl (C=O) groups excluding carboxylic acids is 2. The van der Waals surface area contributed by atoms with Crippen molar-refractivity contribution in [3.05, 3.63) is 71.9 Å². The highest BCUT2D eigenvalue weighted by molar-refractivity contribution is 5.96. The number of primary amides is 1. The van der Waals surface area contributed by atoms with E-state index in [2.05, 4.69) is 20.6 Å². The quantitative estimate of drug-likeness (QED) is 0.205. The highest BCUT2D eigenvalue weighted by Crippen LogP contribution is 2.29. The van der Waals surface area contributed by atoms with Gasteiger partial charge in [0.2, 0.25) is 5.91 Å². The van der Waals surface area contributed by atoms with Gasteiger partial charge in [-0.15, -0.1) is 0 Å². The van der Waals surface area contributed by atoms with Crippen LogP contribution in [0.4, 0.5) is 15.9 Å². The number of hydrogen-bond donors (Lipinski definition) is 3. The average molecular weight is 578 g/mol. The maximum atomic E-state index is 14.3. The third-order valence-electron chi connectivity index (χ3n) is 6.94. The van der Waals surface area contributed by atoms with E-state index in [1.54, 1.807) is 62.6 Å². The molecule has 0 saturated heterocycles. The van der Waals surface area contributed by atoms with Gasteiger partial charge in [-0.25, -0.2) is 14.4 Å². The van der Waals surface area contributed by atoms with E-state index in [4.69, 9.17) is 15.2 Å². The number of aromatic nitrogens is 3. The second-order valence-electron chi connectivity index (χ2n) is 10.4. The summed E-state index contributed by atoms with van der Waals surface area (Å²) in [6, 6.07) is 10.2. The minimum atomic E-state index is -0.809. The van der Waals surface area contributed by atoms with Crippen molar-refractivity contribution in [3.8, 4) is 17.0 Å². The number of nitrogens with two attached hydrogens (primary N) is 1. The molecule has 0 aliphatic rings. The monoisotopic (exact) mass is 577 g/mol. The van der Waals surface area contributed by atoms with Gasteiger partial charge in [-0.2, -0.15) is 0 Å². The molecule has 4 aromatic rings. The Hall–Kier alpha value is -4.55. The predicted molar refractivity (Wildman–Crippen MR) is 158 cm³/mol. The van der Waals surface area contributed by atoms with Gasteiger partial charge in [-0.05, 0) is 62.7 Å². The van der Waals surface area contributed by atoms with Crippen molar-refractivity contribution < 1.29 is 23.5 Å². The predicted octanol–water partition coefficient (Wildman–Crippen LogP) is 3.54. The minimum Gasteiger partial charge on any atom is -0.494 e. The lowest BCUT2D eigenvalue weighted by atomic mass is 10.1. The molecule has 11 nitrogen and oxygen atoms in total. The first-order valence-electron chi connectivity index (χ1n) is 13.4. The van der Waals surface area contributed by atoms with Crippen molar-refractivity contribution in [3.63, 3.8) is 0 Å². The molecule has 2 aromatic carbocycles. The maximum absolute atomic E-state index is 14.3. The summed E-state index contributed by atoms with van der Waals surface area (Å²) in [6.07, 6.45) is 5.06. The van der Waals surface area contributed by atoms with E-state index in [-0.39, 0.29) is 11.7 Å². The van der Waals surface area contributed by atoms with E-state index >= 15 is 0 Å². The van der Waals surface area contributed by atoms with Gasteiger partial charge < -0.3 is 30.7 Å². The molecule has 0 saturated carbocycles. The van der Waals surface area contributed by atoms with Gasteiger partial charge >= 0.3 is 0 Å². The lowest BCUT2D eigenvalue weighted by molar-refractivity contribution is -0.123. The van der Waals surface area contributed by atoms with E-state index in [9.17, 15) is 14.0 Å². The van der Waals surface area contributed by atoms with Crippen LogP contribution in [0.5, 0.6) is 5.75 Å². The van der Waals surface area contributed by atoms with Crippen LogP contribution in [-0.2, 0) is 9.53 Å². The summed E-state index contributed by atoms with van der Waals surface area (Å²) in [4.78, 5) is 35.0. The summed E-state index contributed by atoms with van der Waals surface area (Å²) in [5.74, 6) is -0.335. The molecule has 0 bridgehead atoms. The normalized spacial score (nSPS) is 11.5. The van der Waals surface area contributed by atoms with E-state index in [0.717, 1.165) is 11.3 Å². The number of fused-ring (bicyclic) bond motifs is 1. The van der Waals surface area contributed by atoms with Crippen LogP contribution in [0.2, 0.25) is 0 Å². The number of nitrogens with zero attached hydrogens (tertiary/aromatic N) is 4. The highest BCUT2D eigenvalue weighted by Gasteiger charge is 2.23. The third-order valence-corrected chi connectivity index (χ3v) is 6.94. The molecule has 0 spiro atoms. The second-order valence-corrected chi connectivity index (χ2v) is 10.4. The smallest absolute Gasteiger partial charge is 0.253 e. The number of anilines is 2. The topological polar surface area (TPSA) is 136 Å². The van der Waals surface area contributed by atoms with Gasteiger partial charge in [0.25, 0.3) is 5.91 Å². The Balaban J connectivity index is 1.38. The zero-order valence-corrected chi connectivity index (χ0v) is 24.4. The minimum absolute atomic E-state index is 0.125. The first kappa shape index (κ1) is 30.4. The molecule has 0 aliphatic carbocycles. The lowest BCUT2D eigenvalue weighted by Crippen LogP contribution is -2.51. The Bertz CT molecular complexity index is 1590. The number of ether oxygens (including phenoxy) is 2. The summed E-state index contributed by atoms with van der Waals surface area (Å²) in [5.41, 5.74) is 8.55. The van der Waals surface area contributed by atoms with Crippen LogP contribution in [0.15, 0.2) is 55.0 Å². The maximum Gasteiger partial charge on any atom is 0.253 e. The zero-order valence-electron chi connectivity index (χ0n) is 24.4. The molecule has 0 aliphatic heterocycles. The first-order valence-corrected chi connectivity index (χ1v) is 13.4. The van der Waals surface area contributed by atoms with Crippen LogP contribution in [0, 0.1) is 12.7 Å². The SMILES string of the molecule is COc1ccc(-c2cnc3c(Nc4ccc(C(=O)N(C)CCOCCNC(C)(C)C(N)=O)c(C)c4)nccn23)cc1F. The van der Waals surface area contributed by atoms with Crippen LogP contribution < -0.4 is 21.1 Å². The van der Waals surface area contributed by atoms with Gasteiger partial charge in [0, 0.05) is 49.3 Å². The number of benzene rings is 2. The second kappa shape index (κ2) is 13.0. The van der Waals surface area contributed by atoms with E-state index < -0.39 is 17.3 Å². The summed E-state index contributed by atoms with van der Waals surface area (Å²) in [6.45, 7) is 6.89. The molecule has 0 fully saturated rings. The average Bonchev–Trinajstić information content (AvgIpc) is 3.39. The fourth-order valence-corrected chi connectivity index (χ4v) is 4.30. The molecule has 0 radical (unpaired) electrons. The number of nitrogens with one attached hydrogen (secondary N) is 2. The molecular weight excluding hydrogens is 541 g/mol. The molecular formula is C30H36FN7O4. The Morgan fingerprint density at radius 1 is 1.14 bits per heavy atom. The summed E-state index contributed by atoms with van der Waals surface area (Å²) >= 11 is 0. The van der Waals surface area contributed by atoms with Crippen molar-refractivity contribution in [1.82, 2.24) is 24.6 Å². The van der Waals surface area contributed by atoms with Crippen molar-refractivity contribution in [2.45, 2.75) is 26.3 Å². The number of halogens is 1. The number of carbonyl (C=O) groups is 2. The number of likely N-dealkylation sites (N-methyl/N-ethyl adjacent to an activating group) is 1. The molecule has 4 rings (SSSR count). The van der Waals surface area contributed by atoms with Crippen LogP contribution in [-0.4, -0.2) is 77.1 Å². The van der Waals surface area contributed by atoms with Gasteiger partial charge in [0.15, 0.2) is 23.0 Å². The first-order chi connectivity index (χ1) is 20.0. The van der Waals surface area contributed by atoms with Crippen LogP contribution in [0.1, 0.15) is 29.8 Å². The Morgan fingerprint density at radius 2 is 1.93 bits per heavy atom. The summed E-state index contributed by atoms with van der Waals surface area (Å²) < 4.78 is 26.8. The molecule has 42 heavy (non-hydrogen) atoms. The van der Waals surface area contributed by atoms with Gasteiger partial charge in [0.1, 0.15) is 0 Å². The van der Waals surface area contributed by atoms with Gasteiger partial charge in [-0.1, -0.05) is 0 Å². The van der Waals surface area contributed by atoms with Gasteiger partial charge in [-0.3, -0.25) is 14.0 Å². The number of aryl methyl sites for hydroxylation is 1. The Kier molecular flexibility index (Phi) is 9.38. The van der Waals surface area contributed by atoms with Crippen molar-refractivity contribution in [1.29, 1.82) is 0 Å². The molecule has 0 atom stereocenters. The van der Waals surface area contributed by atoms with Crippen molar-refractivity contribution in [2.24, 2.45) is 5.73 Å². The number of methoxy groups -OCH3 is 1. The number of rotatable bonds is 13. The third kappa shape index (κ3) is 6.84. The van der Waals surface area contributed by atoms with Crippen molar-refractivity contribution >= 4 is 29.0 Å². The van der Waals surface area contributed by atoms with E-state index in [1.165, 1.54) is 13.2 Å². The van der Waals surface area contributed by atoms with E-state index in [0.29, 0.717) is 54.6 Å². The molecule has 0 unspecified atom stereocenters. The standard InChI is InChI=1S/C30H36FN7O4/c1-19-16-21(7-8-22(19)28(39)37(4)13-15-42-14-11-35-30(2,3)29(32)40)36-26-27-34-18-24(38(27)12-10-33-26)20-6-9-25(41-5)23(31)17-20/h6-10,12,16-18,35H,11,13-15H2,1-5H3,(H2,32,40)(H,33,36). The van der Waals surface area contributed by atoms with Crippen LogP contribution >= 0.6 is 0 Å². The zero-order chi connectivity index (χ0) is 30.4. The number of amides is 2. The molecule has 2 aromatic heterocycles. The fraction of sp³-hybridized carbons (Fsp3) is 0.333. The van der Waals surface area contributed by atoms with E-state index in [1.807, 2.05) is 23.5 Å². The Morgan fingerprint density at radius 3 is 2.62 bits per heavy atom. The molecule has 4 N–H and O–H groups in total. The van der Waals surface area contributed by atoms with Crippen LogP contribution in [0.3, 0.4) is 0 Å². The number of hydrogen-bond acceptors (Lipinski definition) is 8. The molecule has 2 heterocycles. The fourth-order valence-electron chi connectivity index (χ4n) is 4.30. The molecule has 222 valence electrons. The molecule has 12 heteroatoms. The molecule has 2 amide bonds. The summed E-state index contributed by atoms with van der Waals surface area (Å²) in [7, 11) is 3.15. The largest absolute Gasteiger partial charge is 0.494 e. The van der Waals surface area contributed by atoms with Crippen LogP contribution in [0.25, 0.3) is 16.9 Å². The lowest BCUT2D eigenvalue weighted by Gasteiger charge is -2.22. The van der Waals surface area contributed by atoms with Crippen molar-refractivity contribution in [2.75, 3.05) is 45.8 Å². The number of imidazole rings is 1. The van der Waals surface area contributed by atoms with Gasteiger partial charge in [0.05, 0.1) is 37.8 Å². The Labute approximate surface area is 243 Å². The summed E-state index contributed by atoms with van der Waals surface area (Å²) in [5, 5.41) is 6.32. The highest BCUT2D eigenvalue weighted by atomic mass is 19.1.